The molecule has 2 heteroatoms. The minimum Gasteiger partial charge on any atom is -0.466 e. The van der Waals surface area contributed by atoms with Crippen LogP contribution in [0, 0.1) is 0 Å². The molecule has 0 rings (SSSR count). The summed E-state index contributed by atoms with van der Waals surface area (Å²) in [6, 6.07) is 0. The van der Waals surface area contributed by atoms with Crippen molar-refractivity contribution in [2.45, 2.75) is 155 Å². The van der Waals surface area contributed by atoms with Gasteiger partial charge in [0.25, 0.3) is 0 Å². The van der Waals surface area contributed by atoms with Crippen LogP contribution in [0.15, 0.2) is 12.2 Å². The molecule has 2 nitrogen and oxygen atoms in total. The Morgan fingerprint density at radius 1 is 0.533 bits per heavy atom. The highest BCUT2D eigenvalue weighted by Crippen LogP contribution is 2.12. The molecular weight excluding hydrogens is 368 g/mol. The van der Waals surface area contributed by atoms with Gasteiger partial charge in [-0.25, -0.2) is 0 Å². The number of carbonyl (C=O) groups is 1. The lowest BCUT2D eigenvalue weighted by molar-refractivity contribution is -0.143. The van der Waals surface area contributed by atoms with E-state index in [2.05, 4.69) is 26.0 Å². The molecule has 0 unspecified atom stereocenters. The van der Waals surface area contributed by atoms with Crippen LogP contribution in [0.25, 0.3) is 0 Å². The number of ether oxygens (including phenoxy) is 1. The summed E-state index contributed by atoms with van der Waals surface area (Å²) in [4.78, 5) is 11.8. The van der Waals surface area contributed by atoms with Crippen LogP contribution in [0.5, 0.6) is 0 Å². The fourth-order valence-corrected chi connectivity index (χ4v) is 3.82. The summed E-state index contributed by atoms with van der Waals surface area (Å²) in [5, 5.41) is 0. The molecule has 0 fully saturated rings. The lowest BCUT2D eigenvalue weighted by Gasteiger charge is -2.05. The molecule has 0 saturated heterocycles. The highest BCUT2D eigenvalue weighted by Gasteiger charge is 2.02. The summed E-state index contributed by atoms with van der Waals surface area (Å²) >= 11 is 0. The molecule has 0 heterocycles. The van der Waals surface area contributed by atoms with Crippen molar-refractivity contribution >= 4 is 5.97 Å². The second-order valence-electron chi connectivity index (χ2n) is 9.03. The SMILES string of the molecule is CCCCC=CCCCCCCCCCC(=O)OCCCCCCCCCCCC. The number of carbonyl (C=O) groups excluding carboxylic acids is 1. The molecule has 0 aromatic rings. The van der Waals surface area contributed by atoms with Crippen molar-refractivity contribution in [2.24, 2.45) is 0 Å². The van der Waals surface area contributed by atoms with Gasteiger partial charge in [0.15, 0.2) is 0 Å². The van der Waals surface area contributed by atoms with E-state index in [1.807, 2.05) is 0 Å². The molecule has 0 saturated carbocycles. The fraction of sp³-hybridized carbons (Fsp3) is 0.893. The molecule has 0 aromatic carbocycles. The van der Waals surface area contributed by atoms with Gasteiger partial charge >= 0.3 is 5.97 Å². The Morgan fingerprint density at radius 2 is 0.967 bits per heavy atom. The predicted molar refractivity (Wildman–Crippen MR) is 133 cm³/mol. The van der Waals surface area contributed by atoms with Gasteiger partial charge in [0, 0.05) is 6.42 Å². The Labute approximate surface area is 189 Å². The van der Waals surface area contributed by atoms with Crippen molar-refractivity contribution in [1.82, 2.24) is 0 Å². The molecule has 0 atom stereocenters. The molecule has 0 aliphatic rings. The molecule has 0 radical (unpaired) electrons. The van der Waals surface area contributed by atoms with E-state index in [9.17, 15) is 4.79 Å². The minimum absolute atomic E-state index is 0.0146. The molecule has 0 bridgehead atoms. The van der Waals surface area contributed by atoms with E-state index < -0.39 is 0 Å². The predicted octanol–water partition coefficient (Wildman–Crippen LogP) is 9.71. The maximum absolute atomic E-state index is 11.8. The van der Waals surface area contributed by atoms with Gasteiger partial charge in [-0.2, -0.15) is 0 Å². The summed E-state index contributed by atoms with van der Waals surface area (Å²) in [5.74, 6) is 0.0146. The highest BCUT2D eigenvalue weighted by atomic mass is 16.5. The zero-order valence-corrected chi connectivity index (χ0v) is 20.7. The minimum atomic E-state index is 0.0146. The van der Waals surface area contributed by atoms with Gasteiger partial charge in [0.05, 0.1) is 6.61 Å². The summed E-state index contributed by atoms with van der Waals surface area (Å²) < 4.78 is 5.38. The van der Waals surface area contributed by atoms with Crippen LogP contribution in [0.3, 0.4) is 0 Å². The number of hydrogen-bond acceptors (Lipinski definition) is 2. The molecule has 0 spiro atoms. The number of rotatable bonds is 24. The quantitative estimate of drug-likeness (QED) is 0.0878. The molecule has 0 N–H and O–H groups in total. The third-order valence-corrected chi connectivity index (χ3v) is 5.90. The van der Waals surface area contributed by atoms with Crippen LogP contribution in [0.1, 0.15) is 155 Å². The van der Waals surface area contributed by atoms with Crippen LogP contribution >= 0.6 is 0 Å². The van der Waals surface area contributed by atoms with Crippen LogP contribution in [-0.4, -0.2) is 12.6 Å². The molecular formula is C28H54O2. The Morgan fingerprint density at radius 3 is 1.53 bits per heavy atom. The first-order valence-corrected chi connectivity index (χ1v) is 13.6. The molecule has 0 amide bonds. The second kappa shape index (κ2) is 26.2. The number of unbranched alkanes of at least 4 members (excludes halogenated alkanes) is 18. The largest absolute Gasteiger partial charge is 0.466 e. The van der Waals surface area contributed by atoms with E-state index >= 15 is 0 Å². The highest BCUT2D eigenvalue weighted by molar-refractivity contribution is 5.69. The number of hydrogen-bond donors (Lipinski definition) is 0. The van der Waals surface area contributed by atoms with E-state index in [1.54, 1.807) is 0 Å². The average molecular weight is 423 g/mol. The third kappa shape index (κ3) is 25.2. The molecule has 178 valence electrons. The van der Waals surface area contributed by atoms with Gasteiger partial charge in [-0.1, -0.05) is 129 Å². The van der Waals surface area contributed by atoms with Crippen LogP contribution in [-0.2, 0) is 9.53 Å². The number of allylic oxidation sites excluding steroid dienone is 2. The van der Waals surface area contributed by atoms with Gasteiger partial charge in [-0.3, -0.25) is 4.79 Å². The first-order chi connectivity index (χ1) is 14.8. The van der Waals surface area contributed by atoms with Gasteiger partial charge in [-0.05, 0) is 32.1 Å². The fourth-order valence-electron chi connectivity index (χ4n) is 3.82. The summed E-state index contributed by atoms with van der Waals surface area (Å²) in [6.45, 7) is 5.14. The Bertz CT molecular complexity index is 362. The standard InChI is InChI=1S/C28H54O2/c1-3-5-7-9-11-13-15-16-17-18-20-22-24-26-28(29)30-27-25-23-21-19-14-12-10-8-6-4-2/h9,11H,3-8,10,12-27H2,1-2H3. The zero-order valence-electron chi connectivity index (χ0n) is 20.7. The van der Waals surface area contributed by atoms with Crippen molar-refractivity contribution in [3.8, 4) is 0 Å². The van der Waals surface area contributed by atoms with Crippen molar-refractivity contribution in [2.75, 3.05) is 6.61 Å². The molecule has 0 aliphatic carbocycles. The van der Waals surface area contributed by atoms with E-state index in [-0.39, 0.29) is 5.97 Å². The lowest BCUT2D eigenvalue weighted by atomic mass is 10.1. The number of esters is 1. The lowest BCUT2D eigenvalue weighted by Crippen LogP contribution is -2.05. The van der Waals surface area contributed by atoms with Crippen molar-refractivity contribution in [1.29, 1.82) is 0 Å². The second-order valence-corrected chi connectivity index (χ2v) is 9.03. The van der Waals surface area contributed by atoms with Gasteiger partial charge < -0.3 is 4.74 Å². The van der Waals surface area contributed by atoms with Gasteiger partial charge in [0.1, 0.15) is 0 Å². The van der Waals surface area contributed by atoms with Crippen molar-refractivity contribution in [3.05, 3.63) is 12.2 Å². The monoisotopic (exact) mass is 422 g/mol. The molecule has 0 aliphatic heterocycles. The summed E-state index contributed by atoms with van der Waals surface area (Å²) in [7, 11) is 0. The van der Waals surface area contributed by atoms with Crippen LogP contribution < -0.4 is 0 Å². The van der Waals surface area contributed by atoms with E-state index in [4.69, 9.17) is 4.74 Å². The summed E-state index contributed by atoms with van der Waals surface area (Å²) in [6.07, 6.45) is 32.4. The molecule has 30 heavy (non-hydrogen) atoms. The third-order valence-electron chi connectivity index (χ3n) is 5.90. The van der Waals surface area contributed by atoms with Crippen molar-refractivity contribution in [3.63, 3.8) is 0 Å². The average Bonchev–Trinajstić information content (AvgIpc) is 2.75. The maximum atomic E-state index is 11.8. The first-order valence-electron chi connectivity index (χ1n) is 13.6. The van der Waals surface area contributed by atoms with Crippen LogP contribution in [0.2, 0.25) is 0 Å². The first kappa shape index (κ1) is 29.2. The maximum Gasteiger partial charge on any atom is 0.305 e. The Hall–Kier alpha value is -0.790. The summed E-state index contributed by atoms with van der Waals surface area (Å²) in [5.41, 5.74) is 0. The van der Waals surface area contributed by atoms with E-state index in [1.165, 1.54) is 122 Å². The smallest absolute Gasteiger partial charge is 0.305 e. The van der Waals surface area contributed by atoms with E-state index in [0.717, 1.165) is 12.8 Å². The van der Waals surface area contributed by atoms with E-state index in [0.29, 0.717) is 13.0 Å². The normalized spacial score (nSPS) is 11.4. The topological polar surface area (TPSA) is 26.3 Å². The molecule has 0 aromatic heterocycles. The van der Waals surface area contributed by atoms with Gasteiger partial charge in [-0.15, -0.1) is 0 Å². The Balaban J connectivity index is 3.18. The zero-order chi connectivity index (χ0) is 22.0. The van der Waals surface area contributed by atoms with Crippen molar-refractivity contribution < 1.29 is 9.53 Å². The van der Waals surface area contributed by atoms with Crippen LogP contribution in [0.4, 0.5) is 0 Å². The van der Waals surface area contributed by atoms with Gasteiger partial charge in [0.2, 0.25) is 0 Å². The Kier molecular flexibility index (Phi) is 25.6.